The Kier molecular flexibility index (Phi) is 8.11. The number of carbonyl (C=O) groups is 3. The molecule has 3 aliphatic heterocycles. The minimum absolute atomic E-state index is 0.0757. The summed E-state index contributed by atoms with van der Waals surface area (Å²) in [7, 11) is 0. The van der Waals surface area contributed by atoms with Crippen LogP contribution in [0.25, 0.3) is 0 Å². The van der Waals surface area contributed by atoms with Crippen molar-refractivity contribution in [2.24, 2.45) is 17.8 Å². The molecule has 3 saturated heterocycles. The number of anilines is 1. The lowest BCUT2D eigenvalue weighted by molar-refractivity contribution is -0.156. The van der Waals surface area contributed by atoms with Crippen LogP contribution < -0.4 is 4.90 Å². The van der Waals surface area contributed by atoms with E-state index in [1.54, 1.807) is 26.9 Å². The van der Waals surface area contributed by atoms with Crippen molar-refractivity contribution in [3.63, 3.8) is 0 Å². The smallest absolute Gasteiger partial charge is 0.248 e. The number of carbonyl (C=O) groups excluding carboxylic acids is 3. The molecule has 0 radical (unpaired) electrons. The molecule has 1 aromatic rings. The van der Waals surface area contributed by atoms with Crippen LogP contribution in [0, 0.1) is 17.8 Å². The third-order valence-corrected chi connectivity index (χ3v) is 9.21. The first-order valence-corrected chi connectivity index (χ1v) is 14.1. The first-order valence-electron chi connectivity index (χ1n) is 14.1. The Morgan fingerprint density at radius 3 is 2.36 bits per heavy atom. The van der Waals surface area contributed by atoms with E-state index in [1.165, 1.54) is 0 Å². The first-order chi connectivity index (χ1) is 18.5. The van der Waals surface area contributed by atoms with Gasteiger partial charge in [-0.15, -0.1) is 13.2 Å². The number of hydrogen-bond acceptors (Lipinski definition) is 5. The number of rotatable bonds is 11. The van der Waals surface area contributed by atoms with E-state index in [0.717, 1.165) is 0 Å². The molecule has 4 rings (SSSR count). The Balaban J connectivity index is 1.87. The number of amides is 3. The zero-order valence-corrected chi connectivity index (χ0v) is 23.9. The summed E-state index contributed by atoms with van der Waals surface area (Å²) in [4.78, 5) is 48.2. The minimum atomic E-state index is -1.17. The summed E-state index contributed by atoms with van der Waals surface area (Å²) in [6.45, 7) is 17.7. The molecule has 3 aliphatic rings. The van der Waals surface area contributed by atoms with Gasteiger partial charge in [-0.25, -0.2) is 0 Å². The Labute approximate surface area is 232 Å². The molecule has 3 amide bonds. The lowest BCUT2D eigenvalue weighted by atomic mass is 9.62. The molecule has 1 spiro atoms. The topological polar surface area (TPSA) is 90.4 Å². The Hall–Kier alpha value is -2.97. The van der Waals surface area contributed by atoms with Gasteiger partial charge < -0.3 is 24.5 Å². The highest BCUT2D eigenvalue weighted by Crippen LogP contribution is 2.66. The van der Waals surface area contributed by atoms with Gasteiger partial charge in [0.1, 0.15) is 11.6 Å². The molecule has 39 heavy (non-hydrogen) atoms. The second-order valence-corrected chi connectivity index (χ2v) is 11.6. The van der Waals surface area contributed by atoms with Crippen LogP contribution in [0.15, 0.2) is 55.6 Å². The SMILES string of the molecule is C=CCN(C(=O)[C@H]1[C@H]2C(=O)N([C@@H](CC)CO)C(C(=O)N(CC=C)C(C)C)C23CC(C)[C@]1(C)O3)c1ccccc1. The van der Waals surface area contributed by atoms with Crippen molar-refractivity contribution in [1.82, 2.24) is 9.80 Å². The molecule has 7 atom stereocenters. The van der Waals surface area contributed by atoms with E-state index in [1.807, 2.05) is 65.0 Å². The lowest BCUT2D eigenvalue weighted by Crippen LogP contribution is -2.59. The van der Waals surface area contributed by atoms with Gasteiger partial charge in [0.05, 0.1) is 30.1 Å². The number of aliphatic hydroxyl groups excluding tert-OH is 1. The highest BCUT2D eigenvalue weighted by molar-refractivity contribution is 6.03. The fourth-order valence-corrected chi connectivity index (χ4v) is 7.22. The van der Waals surface area contributed by atoms with Crippen LogP contribution in [0.1, 0.15) is 47.5 Å². The van der Waals surface area contributed by atoms with Crippen LogP contribution >= 0.6 is 0 Å². The molecular weight excluding hydrogens is 494 g/mol. The quantitative estimate of drug-likeness (QED) is 0.437. The average Bonchev–Trinajstić information content (AvgIpc) is 3.43. The molecule has 3 unspecified atom stereocenters. The molecule has 3 fully saturated rings. The Morgan fingerprint density at radius 1 is 1.18 bits per heavy atom. The Bertz CT molecular complexity index is 1120. The van der Waals surface area contributed by atoms with E-state index in [-0.39, 0.29) is 42.8 Å². The number of ether oxygens (including phenoxy) is 1. The van der Waals surface area contributed by atoms with Gasteiger partial charge >= 0.3 is 0 Å². The van der Waals surface area contributed by atoms with E-state index in [0.29, 0.717) is 25.1 Å². The van der Waals surface area contributed by atoms with Gasteiger partial charge in [-0.05, 0) is 51.7 Å². The first kappa shape index (κ1) is 29.0. The van der Waals surface area contributed by atoms with Gasteiger partial charge in [-0.1, -0.05) is 44.2 Å². The summed E-state index contributed by atoms with van der Waals surface area (Å²) >= 11 is 0. The van der Waals surface area contributed by atoms with Crippen LogP contribution in [-0.4, -0.2) is 81.7 Å². The normalized spacial score (nSPS) is 31.8. The number of nitrogens with zero attached hydrogens (tertiary/aromatic N) is 3. The molecule has 0 aliphatic carbocycles. The second-order valence-electron chi connectivity index (χ2n) is 11.6. The molecule has 0 saturated carbocycles. The monoisotopic (exact) mass is 537 g/mol. The van der Waals surface area contributed by atoms with E-state index in [2.05, 4.69) is 13.2 Å². The second kappa shape index (κ2) is 10.9. The van der Waals surface area contributed by atoms with Gasteiger partial charge in [-0.3, -0.25) is 14.4 Å². The van der Waals surface area contributed by atoms with Crippen LogP contribution in [0.2, 0.25) is 0 Å². The standard InChI is InChI=1S/C31H43N3O5/c1-8-16-32(20(4)5)29(38)26-31-18-21(6)30(7,39-31)24(25(31)28(37)34(26)22(10-3)19-35)27(36)33(17-9-2)23-14-12-11-13-15-23/h8-9,11-15,20-22,24-26,35H,1-2,10,16-19H2,3-7H3/t21?,22-,24+,25-,26?,30-,31?/m0/s1. The predicted molar refractivity (Wildman–Crippen MR) is 151 cm³/mol. The number of para-hydroxylation sites is 1. The third kappa shape index (κ3) is 4.32. The van der Waals surface area contributed by atoms with E-state index in [4.69, 9.17) is 4.74 Å². The maximum atomic E-state index is 14.5. The number of likely N-dealkylation sites (tertiary alicyclic amines) is 1. The van der Waals surface area contributed by atoms with Crippen LogP contribution in [0.4, 0.5) is 5.69 Å². The molecular formula is C31H43N3O5. The maximum absolute atomic E-state index is 14.5. The molecule has 0 aromatic heterocycles. The summed E-state index contributed by atoms with van der Waals surface area (Å²) in [6.07, 6.45) is 4.29. The van der Waals surface area contributed by atoms with Gasteiger partial charge in [0.25, 0.3) is 0 Å². The molecule has 212 valence electrons. The molecule has 2 bridgehead atoms. The van der Waals surface area contributed by atoms with Crippen molar-refractivity contribution < 1.29 is 24.2 Å². The molecule has 8 heteroatoms. The van der Waals surface area contributed by atoms with Gasteiger partial charge in [0, 0.05) is 24.8 Å². The molecule has 3 heterocycles. The van der Waals surface area contributed by atoms with Gasteiger partial charge in [0.2, 0.25) is 17.7 Å². The van der Waals surface area contributed by atoms with Crippen molar-refractivity contribution in [2.45, 2.75) is 76.8 Å². The number of fused-ring (bicyclic) bond motifs is 1. The van der Waals surface area contributed by atoms with Crippen molar-refractivity contribution in [2.75, 3.05) is 24.6 Å². The van der Waals surface area contributed by atoms with Crippen LogP contribution in [0.3, 0.4) is 0 Å². The zero-order chi connectivity index (χ0) is 28.7. The van der Waals surface area contributed by atoms with E-state index >= 15 is 0 Å². The predicted octanol–water partition coefficient (Wildman–Crippen LogP) is 3.41. The van der Waals surface area contributed by atoms with Gasteiger partial charge in [0.15, 0.2) is 0 Å². The lowest BCUT2D eigenvalue weighted by Gasteiger charge is -2.40. The third-order valence-electron chi connectivity index (χ3n) is 9.21. The van der Waals surface area contributed by atoms with Crippen molar-refractivity contribution >= 4 is 23.4 Å². The molecule has 1 N–H and O–H groups in total. The molecule has 1 aromatic carbocycles. The zero-order valence-electron chi connectivity index (χ0n) is 23.9. The fourth-order valence-electron chi connectivity index (χ4n) is 7.22. The highest BCUT2D eigenvalue weighted by Gasteiger charge is 2.80. The summed E-state index contributed by atoms with van der Waals surface area (Å²) in [6, 6.07) is 7.70. The van der Waals surface area contributed by atoms with Crippen molar-refractivity contribution in [3.8, 4) is 0 Å². The van der Waals surface area contributed by atoms with Crippen LogP contribution in [-0.2, 0) is 19.1 Å². The molecule has 8 nitrogen and oxygen atoms in total. The largest absolute Gasteiger partial charge is 0.394 e. The highest BCUT2D eigenvalue weighted by atomic mass is 16.5. The summed E-state index contributed by atoms with van der Waals surface area (Å²) in [5.74, 6) is -2.45. The Morgan fingerprint density at radius 2 is 1.82 bits per heavy atom. The van der Waals surface area contributed by atoms with E-state index < -0.39 is 35.1 Å². The number of benzene rings is 1. The van der Waals surface area contributed by atoms with Crippen molar-refractivity contribution in [1.29, 1.82) is 0 Å². The van der Waals surface area contributed by atoms with Crippen LogP contribution in [0.5, 0.6) is 0 Å². The van der Waals surface area contributed by atoms with E-state index in [9.17, 15) is 19.5 Å². The summed E-state index contributed by atoms with van der Waals surface area (Å²) in [5, 5.41) is 10.3. The fraction of sp³-hybridized carbons (Fsp3) is 0.581. The maximum Gasteiger partial charge on any atom is 0.248 e. The minimum Gasteiger partial charge on any atom is -0.394 e. The summed E-state index contributed by atoms with van der Waals surface area (Å²) in [5.41, 5.74) is -1.39. The average molecular weight is 538 g/mol. The summed E-state index contributed by atoms with van der Waals surface area (Å²) < 4.78 is 6.87. The van der Waals surface area contributed by atoms with Crippen molar-refractivity contribution in [3.05, 3.63) is 55.6 Å². The van der Waals surface area contributed by atoms with Gasteiger partial charge in [-0.2, -0.15) is 0 Å². The number of hydrogen-bond donors (Lipinski definition) is 1. The number of aliphatic hydroxyl groups is 1.